The minimum Gasteiger partial charge on any atom is -0.380 e. The quantitative estimate of drug-likeness (QED) is 0.866. The molecule has 0 saturated heterocycles. The van der Waals surface area contributed by atoms with Gasteiger partial charge >= 0.3 is 0 Å². The first kappa shape index (κ1) is 11.8. The Balaban J connectivity index is 2.28. The van der Waals surface area contributed by atoms with E-state index >= 15 is 0 Å². The number of nitrogens with zero attached hydrogens (tertiary/aromatic N) is 3. The van der Waals surface area contributed by atoms with Gasteiger partial charge in [0.15, 0.2) is 0 Å². The zero-order valence-corrected chi connectivity index (χ0v) is 10.00. The van der Waals surface area contributed by atoms with Crippen LogP contribution >= 0.6 is 0 Å². The van der Waals surface area contributed by atoms with Crippen LogP contribution in [0.2, 0.25) is 0 Å². The van der Waals surface area contributed by atoms with Crippen molar-refractivity contribution in [3.63, 3.8) is 0 Å². The molecular formula is C12H16N4O. The Labute approximate surface area is 100 Å². The average molecular weight is 232 g/mol. The maximum Gasteiger partial charge on any atom is 0.0995 e. The Morgan fingerprint density at radius 2 is 2.29 bits per heavy atom. The van der Waals surface area contributed by atoms with Gasteiger partial charge in [0.1, 0.15) is 0 Å². The number of rotatable bonds is 4. The van der Waals surface area contributed by atoms with Gasteiger partial charge in [-0.3, -0.25) is 0 Å². The van der Waals surface area contributed by atoms with E-state index in [1.165, 1.54) is 0 Å². The molecule has 0 fully saturated rings. The van der Waals surface area contributed by atoms with E-state index in [1.54, 1.807) is 11.8 Å². The van der Waals surface area contributed by atoms with Crippen molar-refractivity contribution in [2.75, 3.05) is 7.11 Å². The van der Waals surface area contributed by atoms with Crippen molar-refractivity contribution in [2.45, 2.75) is 19.6 Å². The molecule has 17 heavy (non-hydrogen) atoms. The molecule has 1 heterocycles. The van der Waals surface area contributed by atoms with Crippen molar-refractivity contribution >= 4 is 0 Å². The second-order valence-corrected chi connectivity index (χ2v) is 3.98. The van der Waals surface area contributed by atoms with E-state index in [9.17, 15) is 0 Å². The van der Waals surface area contributed by atoms with E-state index in [0.717, 1.165) is 16.9 Å². The lowest BCUT2D eigenvalue weighted by Crippen LogP contribution is -2.04. The Bertz CT molecular complexity index is 493. The monoisotopic (exact) mass is 232 g/mol. The van der Waals surface area contributed by atoms with Crippen molar-refractivity contribution in [2.24, 2.45) is 5.73 Å². The first-order chi connectivity index (χ1) is 8.20. The van der Waals surface area contributed by atoms with Gasteiger partial charge in [-0.25, -0.2) is 4.68 Å². The summed E-state index contributed by atoms with van der Waals surface area (Å²) in [6.45, 7) is 2.47. The van der Waals surface area contributed by atoms with Gasteiger partial charge in [0.05, 0.1) is 24.2 Å². The van der Waals surface area contributed by atoms with Gasteiger partial charge in [-0.2, -0.15) is 0 Å². The van der Waals surface area contributed by atoms with E-state index in [2.05, 4.69) is 10.3 Å². The predicted octanol–water partition coefficient (Wildman–Crippen LogP) is 1.43. The van der Waals surface area contributed by atoms with Crippen LogP contribution < -0.4 is 5.73 Å². The molecule has 2 aromatic rings. The molecule has 0 bridgehead atoms. The fourth-order valence-corrected chi connectivity index (χ4v) is 1.57. The summed E-state index contributed by atoms with van der Waals surface area (Å²) in [4.78, 5) is 0. The summed E-state index contributed by atoms with van der Waals surface area (Å²) in [7, 11) is 1.68. The third kappa shape index (κ3) is 2.69. The molecule has 0 aliphatic heterocycles. The highest BCUT2D eigenvalue weighted by atomic mass is 16.5. The van der Waals surface area contributed by atoms with E-state index in [-0.39, 0.29) is 6.04 Å². The highest BCUT2D eigenvalue weighted by Crippen LogP contribution is 2.12. The highest BCUT2D eigenvalue weighted by Gasteiger charge is 2.06. The van der Waals surface area contributed by atoms with Gasteiger partial charge in [-0.05, 0) is 24.6 Å². The van der Waals surface area contributed by atoms with Gasteiger partial charge < -0.3 is 10.5 Å². The lowest BCUT2D eigenvalue weighted by molar-refractivity contribution is 0.185. The van der Waals surface area contributed by atoms with Crippen molar-refractivity contribution < 1.29 is 4.74 Å². The molecule has 90 valence electrons. The number of benzene rings is 1. The third-order valence-corrected chi connectivity index (χ3v) is 2.46. The first-order valence-corrected chi connectivity index (χ1v) is 5.47. The largest absolute Gasteiger partial charge is 0.380 e. The second kappa shape index (κ2) is 5.07. The normalized spacial score (nSPS) is 12.6. The number of methoxy groups -OCH3 is 1. The Kier molecular flexibility index (Phi) is 3.51. The van der Waals surface area contributed by atoms with Crippen LogP contribution in [-0.2, 0) is 11.3 Å². The van der Waals surface area contributed by atoms with E-state index in [1.807, 2.05) is 37.4 Å². The standard InChI is InChI=1S/C12H16N4O/c1-9(13)12-7-16(15-14-12)11-5-3-4-10(6-11)8-17-2/h3-7,9H,8,13H2,1-2H3. The van der Waals surface area contributed by atoms with Crippen LogP contribution in [0.4, 0.5) is 0 Å². The molecule has 0 saturated carbocycles. The molecule has 1 aromatic carbocycles. The molecule has 0 aliphatic carbocycles. The summed E-state index contributed by atoms with van der Waals surface area (Å²) in [6, 6.07) is 7.86. The van der Waals surface area contributed by atoms with Crippen molar-refractivity contribution in [3.05, 3.63) is 41.7 Å². The van der Waals surface area contributed by atoms with Gasteiger partial charge in [-0.15, -0.1) is 5.10 Å². The van der Waals surface area contributed by atoms with Crippen LogP contribution in [0.25, 0.3) is 5.69 Å². The molecule has 1 atom stereocenters. The lowest BCUT2D eigenvalue weighted by atomic mass is 10.2. The summed E-state index contributed by atoms with van der Waals surface area (Å²) in [6.07, 6.45) is 1.84. The molecule has 5 nitrogen and oxygen atoms in total. The molecular weight excluding hydrogens is 216 g/mol. The van der Waals surface area contributed by atoms with Crippen molar-refractivity contribution in [1.82, 2.24) is 15.0 Å². The van der Waals surface area contributed by atoms with E-state index < -0.39 is 0 Å². The smallest absolute Gasteiger partial charge is 0.0995 e. The Hall–Kier alpha value is -1.72. The zero-order chi connectivity index (χ0) is 12.3. The topological polar surface area (TPSA) is 66.0 Å². The summed E-state index contributed by atoms with van der Waals surface area (Å²) in [5, 5.41) is 8.08. The molecule has 0 aliphatic rings. The number of nitrogens with two attached hydrogens (primary N) is 1. The minimum absolute atomic E-state index is 0.106. The fourth-order valence-electron chi connectivity index (χ4n) is 1.57. The second-order valence-electron chi connectivity index (χ2n) is 3.98. The lowest BCUT2D eigenvalue weighted by Gasteiger charge is -2.03. The average Bonchev–Trinajstić information content (AvgIpc) is 2.79. The van der Waals surface area contributed by atoms with Gasteiger partial charge in [0, 0.05) is 13.2 Å². The summed E-state index contributed by atoms with van der Waals surface area (Å²) in [5.41, 5.74) is 8.58. The highest BCUT2D eigenvalue weighted by molar-refractivity contribution is 5.34. The van der Waals surface area contributed by atoms with E-state index in [0.29, 0.717) is 6.61 Å². The predicted molar refractivity (Wildman–Crippen MR) is 64.7 cm³/mol. The Morgan fingerprint density at radius 3 is 2.94 bits per heavy atom. The molecule has 0 radical (unpaired) electrons. The minimum atomic E-state index is -0.106. The van der Waals surface area contributed by atoms with Crippen LogP contribution in [0.1, 0.15) is 24.2 Å². The van der Waals surface area contributed by atoms with Gasteiger partial charge in [0.2, 0.25) is 0 Å². The molecule has 0 amide bonds. The van der Waals surface area contributed by atoms with Crippen molar-refractivity contribution in [1.29, 1.82) is 0 Å². The summed E-state index contributed by atoms with van der Waals surface area (Å²) in [5.74, 6) is 0. The van der Waals surface area contributed by atoms with Crippen LogP contribution in [-0.4, -0.2) is 22.1 Å². The molecule has 1 aromatic heterocycles. The van der Waals surface area contributed by atoms with Gasteiger partial charge in [-0.1, -0.05) is 17.3 Å². The van der Waals surface area contributed by atoms with E-state index in [4.69, 9.17) is 10.5 Å². The van der Waals surface area contributed by atoms with Crippen LogP contribution in [0.5, 0.6) is 0 Å². The molecule has 2 rings (SSSR count). The fraction of sp³-hybridized carbons (Fsp3) is 0.333. The SMILES string of the molecule is COCc1cccc(-n2cc(C(C)N)nn2)c1. The van der Waals surface area contributed by atoms with Crippen molar-refractivity contribution in [3.8, 4) is 5.69 Å². The van der Waals surface area contributed by atoms with Crippen LogP contribution in [0.3, 0.4) is 0 Å². The van der Waals surface area contributed by atoms with Crippen LogP contribution in [0.15, 0.2) is 30.5 Å². The molecule has 1 unspecified atom stereocenters. The number of hydrogen-bond acceptors (Lipinski definition) is 4. The number of aromatic nitrogens is 3. The van der Waals surface area contributed by atoms with Crippen LogP contribution in [0, 0.1) is 0 Å². The molecule has 5 heteroatoms. The maximum atomic E-state index is 5.75. The van der Waals surface area contributed by atoms with Gasteiger partial charge in [0.25, 0.3) is 0 Å². The third-order valence-electron chi connectivity index (χ3n) is 2.46. The molecule has 0 spiro atoms. The number of ether oxygens (including phenoxy) is 1. The first-order valence-electron chi connectivity index (χ1n) is 5.47. The summed E-state index contributed by atoms with van der Waals surface area (Å²) < 4.78 is 6.82. The number of hydrogen-bond donors (Lipinski definition) is 1. The summed E-state index contributed by atoms with van der Waals surface area (Å²) >= 11 is 0. The maximum absolute atomic E-state index is 5.75. The zero-order valence-electron chi connectivity index (χ0n) is 10.00. The Morgan fingerprint density at radius 1 is 1.47 bits per heavy atom. The molecule has 2 N–H and O–H groups in total.